The summed E-state index contributed by atoms with van der Waals surface area (Å²) in [4.78, 5) is 12.1. The molecule has 0 bridgehead atoms. The second-order valence-corrected chi connectivity index (χ2v) is 5.30. The molecule has 0 radical (unpaired) electrons. The fourth-order valence-electron chi connectivity index (χ4n) is 2.37. The maximum Gasteiger partial charge on any atom is 0.324 e. The second-order valence-electron chi connectivity index (χ2n) is 5.30. The number of nitrogens with one attached hydrogen (secondary N) is 1. The molecular formula is C17H26F2N2O2. The van der Waals surface area contributed by atoms with Crippen molar-refractivity contribution in [2.24, 2.45) is 0 Å². The first-order valence-corrected chi connectivity index (χ1v) is 8.14. The zero-order valence-corrected chi connectivity index (χ0v) is 14.1. The summed E-state index contributed by atoms with van der Waals surface area (Å²) in [6, 6.07) is 3.64. The highest BCUT2D eigenvalue weighted by Gasteiger charge is 2.26. The van der Waals surface area contributed by atoms with Crippen LogP contribution in [0, 0.1) is 11.6 Å². The molecule has 0 aromatic heterocycles. The Balaban J connectivity index is 2.82. The lowest BCUT2D eigenvalue weighted by atomic mass is 10.1. The third-order valence-electron chi connectivity index (χ3n) is 3.47. The van der Waals surface area contributed by atoms with Gasteiger partial charge in [0.25, 0.3) is 0 Å². The fourth-order valence-corrected chi connectivity index (χ4v) is 2.37. The van der Waals surface area contributed by atoms with Crippen LogP contribution in [0.4, 0.5) is 8.78 Å². The highest BCUT2D eigenvalue weighted by molar-refractivity contribution is 5.75. The van der Waals surface area contributed by atoms with E-state index in [0.717, 1.165) is 18.9 Å². The van der Waals surface area contributed by atoms with Crippen LogP contribution in [0.25, 0.3) is 0 Å². The van der Waals surface area contributed by atoms with E-state index in [2.05, 4.69) is 5.43 Å². The van der Waals surface area contributed by atoms with Crippen molar-refractivity contribution in [2.45, 2.75) is 52.6 Å². The van der Waals surface area contributed by atoms with Gasteiger partial charge in [-0.05, 0) is 25.8 Å². The number of hydrogen-bond donors (Lipinski definition) is 1. The highest BCUT2D eigenvalue weighted by atomic mass is 19.2. The topological polar surface area (TPSA) is 41.6 Å². The monoisotopic (exact) mass is 328 g/mol. The average Bonchev–Trinajstić information content (AvgIpc) is 2.53. The lowest BCUT2D eigenvalue weighted by molar-refractivity contribution is -0.151. The van der Waals surface area contributed by atoms with Crippen molar-refractivity contribution < 1.29 is 18.3 Å². The van der Waals surface area contributed by atoms with E-state index in [1.807, 2.05) is 13.8 Å². The number of rotatable bonds is 10. The van der Waals surface area contributed by atoms with E-state index in [0.29, 0.717) is 19.6 Å². The second kappa shape index (κ2) is 10.3. The van der Waals surface area contributed by atoms with Gasteiger partial charge in [0.15, 0.2) is 11.6 Å². The van der Waals surface area contributed by atoms with Gasteiger partial charge in [-0.15, -0.1) is 0 Å². The number of carbonyl (C=O) groups is 1. The van der Waals surface area contributed by atoms with Gasteiger partial charge in [-0.2, -0.15) is 0 Å². The summed E-state index contributed by atoms with van der Waals surface area (Å²) in [5.41, 5.74) is 3.28. The zero-order chi connectivity index (χ0) is 17.2. The maximum absolute atomic E-state index is 13.7. The van der Waals surface area contributed by atoms with Gasteiger partial charge >= 0.3 is 5.97 Å². The first kappa shape index (κ1) is 19.5. The molecule has 0 saturated heterocycles. The van der Waals surface area contributed by atoms with Crippen LogP contribution in [0.3, 0.4) is 0 Å². The van der Waals surface area contributed by atoms with Gasteiger partial charge in [-0.1, -0.05) is 32.4 Å². The molecule has 0 aliphatic heterocycles. The minimum atomic E-state index is -0.873. The van der Waals surface area contributed by atoms with Crippen molar-refractivity contribution in [3.05, 3.63) is 35.4 Å². The molecule has 0 amide bonds. The van der Waals surface area contributed by atoms with Gasteiger partial charge in [0.2, 0.25) is 0 Å². The van der Waals surface area contributed by atoms with Crippen LogP contribution in [0.5, 0.6) is 0 Å². The number of esters is 1. The van der Waals surface area contributed by atoms with Crippen LogP contribution in [-0.4, -0.2) is 30.2 Å². The smallest absolute Gasteiger partial charge is 0.324 e. The van der Waals surface area contributed by atoms with E-state index in [1.54, 1.807) is 11.9 Å². The zero-order valence-electron chi connectivity index (χ0n) is 14.1. The summed E-state index contributed by atoms with van der Waals surface area (Å²) in [5, 5.41) is 1.77. The van der Waals surface area contributed by atoms with Crippen LogP contribution in [0.15, 0.2) is 18.2 Å². The number of benzene rings is 1. The summed E-state index contributed by atoms with van der Waals surface area (Å²) >= 11 is 0. The Hall–Kier alpha value is -1.53. The Morgan fingerprint density at radius 2 is 2.00 bits per heavy atom. The highest BCUT2D eigenvalue weighted by Crippen LogP contribution is 2.13. The summed E-state index contributed by atoms with van der Waals surface area (Å²) in [6.07, 6.45) is 2.27. The maximum atomic E-state index is 13.7. The van der Waals surface area contributed by atoms with E-state index in [1.165, 1.54) is 12.1 Å². The predicted octanol–water partition coefficient (Wildman–Crippen LogP) is 3.41. The van der Waals surface area contributed by atoms with Gasteiger partial charge in [0.1, 0.15) is 6.04 Å². The molecule has 0 aliphatic rings. The van der Waals surface area contributed by atoms with Crippen LogP contribution in [0.2, 0.25) is 0 Å². The first-order chi connectivity index (χ1) is 11.0. The third kappa shape index (κ3) is 5.88. The minimum Gasteiger partial charge on any atom is -0.465 e. The number of hydrazine groups is 1. The molecule has 0 aliphatic carbocycles. The van der Waals surface area contributed by atoms with Crippen molar-refractivity contribution in [1.82, 2.24) is 10.4 Å². The first-order valence-electron chi connectivity index (χ1n) is 8.14. The standard InChI is InChI=1S/C17H26F2N2O2/c1-4-8-15(17(22)23-6-3)21(11-5-2)20-12-13-9-7-10-14(18)16(13)19/h7,9-10,15,20H,4-6,8,11-12H2,1-3H3. The molecule has 1 unspecified atom stereocenters. The molecule has 0 fully saturated rings. The fraction of sp³-hybridized carbons (Fsp3) is 0.588. The number of nitrogens with zero attached hydrogens (tertiary/aromatic N) is 1. The Bertz CT molecular complexity index is 497. The largest absolute Gasteiger partial charge is 0.465 e. The molecule has 1 atom stereocenters. The molecule has 0 saturated carbocycles. The Kier molecular flexibility index (Phi) is 8.73. The molecule has 6 heteroatoms. The summed E-state index contributed by atoms with van der Waals surface area (Å²) in [7, 11) is 0. The van der Waals surface area contributed by atoms with Crippen molar-refractivity contribution in [2.75, 3.05) is 13.2 Å². The SMILES string of the molecule is CCCC(C(=O)OCC)N(CCC)NCc1cccc(F)c1F. The number of halogens is 2. The predicted molar refractivity (Wildman–Crippen MR) is 85.5 cm³/mol. The molecule has 1 N–H and O–H groups in total. The molecule has 4 nitrogen and oxygen atoms in total. The van der Waals surface area contributed by atoms with Crippen LogP contribution in [0.1, 0.15) is 45.6 Å². The molecule has 0 spiro atoms. The van der Waals surface area contributed by atoms with Crippen molar-refractivity contribution in [3.63, 3.8) is 0 Å². The van der Waals surface area contributed by atoms with Crippen LogP contribution in [-0.2, 0) is 16.1 Å². The normalized spacial score (nSPS) is 12.4. The minimum absolute atomic E-state index is 0.114. The molecule has 1 aromatic rings. The average molecular weight is 328 g/mol. The van der Waals surface area contributed by atoms with Gasteiger partial charge in [0, 0.05) is 18.7 Å². The number of carbonyl (C=O) groups excluding carboxylic acids is 1. The molecule has 1 aromatic carbocycles. The number of hydrogen-bond acceptors (Lipinski definition) is 4. The van der Waals surface area contributed by atoms with E-state index >= 15 is 0 Å². The third-order valence-corrected chi connectivity index (χ3v) is 3.47. The molecule has 23 heavy (non-hydrogen) atoms. The molecule has 130 valence electrons. The van der Waals surface area contributed by atoms with Crippen molar-refractivity contribution in [3.8, 4) is 0 Å². The van der Waals surface area contributed by atoms with E-state index in [9.17, 15) is 13.6 Å². The Morgan fingerprint density at radius 3 is 2.61 bits per heavy atom. The lowest BCUT2D eigenvalue weighted by Crippen LogP contribution is -2.50. The van der Waals surface area contributed by atoms with Crippen LogP contribution >= 0.6 is 0 Å². The molecule has 0 heterocycles. The van der Waals surface area contributed by atoms with E-state index in [4.69, 9.17) is 4.74 Å². The summed E-state index contributed by atoms with van der Waals surface area (Å²) in [5.74, 6) is -2.03. The Labute approximate surface area is 136 Å². The van der Waals surface area contributed by atoms with Gasteiger partial charge < -0.3 is 4.74 Å². The lowest BCUT2D eigenvalue weighted by Gasteiger charge is -2.30. The number of ether oxygens (including phenoxy) is 1. The van der Waals surface area contributed by atoms with E-state index in [-0.39, 0.29) is 18.1 Å². The van der Waals surface area contributed by atoms with Crippen molar-refractivity contribution in [1.29, 1.82) is 0 Å². The molecular weight excluding hydrogens is 302 g/mol. The van der Waals surface area contributed by atoms with Gasteiger partial charge in [-0.3, -0.25) is 4.79 Å². The van der Waals surface area contributed by atoms with Gasteiger partial charge in [0.05, 0.1) is 6.61 Å². The summed E-state index contributed by atoms with van der Waals surface area (Å²) in [6.45, 7) is 6.79. The van der Waals surface area contributed by atoms with Crippen molar-refractivity contribution >= 4 is 5.97 Å². The molecule has 1 rings (SSSR count). The summed E-state index contributed by atoms with van der Waals surface area (Å²) < 4.78 is 32.1. The van der Waals surface area contributed by atoms with Gasteiger partial charge in [-0.25, -0.2) is 19.2 Å². The van der Waals surface area contributed by atoms with E-state index < -0.39 is 17.7 Å². The quantitative estimate of drug-likeness (QED) is 0.528. The van der Waals surface area contributed by atoms with Crippen LogP contribution < -0.4 is 5.43 Å². The Morgan fingerprint density at radius 1 is 1.26 bits per heavy atom.